The standard InChI is InChI=1S/C18H20FN5/c1-12-9-17(14-5-3-7-16(19)10-14)23-24-18(12)20-8-4-6-15-11-21-22-13(15)2/h3,5,7,9-11H,4,6,8H2,1-2H3,(H,20,24)(H,21,22). The van der Waals surface area contributed by atoms with Crippen molar-refractivity contribution >= 4 is 5.82 Å². The molecule has 0 aliphatic heterocycles. The third kappa shape index (κ3) is 3.76. The van der Waals surface area contributed by atoms with Gasteiger partial charge in [0, 0.05) is 17.8 Å². The summed E-state index contributed by atoms with van der Waals surface area (Å²) in [5, 5.41) is 18.7. The average molecular weight is 325 g/mol. The van der Waals surface area contributed by atoms with Gasteiger partial charge in [0.15, 0.2) is 5.82 Å². The second kappa shape index (κ2) is 7.21. The molecule has 3 rings (SSSR count). The van der Waals surface area contributed by atoms with Gasteiger partial charge in [-0.05, 0) is 56.0 Å². The van der Waals surface area contributed by atoms with Crippen LogP contribution in [0.3, 0.4) is 0 Å². The smallest absolute Gasteiger partial charge is 0.151 e. The van der Waals surface area contributed by atoms with E-state index >= 15 is 0 Å². The molecule has 2 aromatic heterocycles. The van der Waals surface area contributed by atoms with Crippen molar-refractivity contribution in [1.29, 1.82) is 0 Å². The lowest BCUT2D eigenvalue weighted by atomic mass is 10.1. The molecule has 0 aliphatic carbocycles. The minimum Gasteiger partial charge on any atom is -0.368 e. The van der Waals surface area contributed by atoms with E-state index in [1.165, 1.54) is 17.7 Å². The zero-order chi connectivity index (χ0) is 16.9. The van der Waals surface area contributed by atoms with Crippen molar-refractivity contribution in [2.24, 2.45) is 0 Å². The van der Waals surface area contributed by atoms with E-state index in [2.05, 4.69) is 25.7 Å². The van der Waals surface area contributed by atoms with Crippen molar-refractivity contribution in [2.45, 2.75) is 26.7 Å². The van der Waals surface area contributed by atoms with Crippen LogP contribution < -0.4 is 5.32 Å². The van der Waals surface area contributed by atoms with Crippen LogP contribution in [0.15, 0.2) is 36.5 Å². The maximum absolute atomic E-state index is 13.3. The van der Waals surface area contributed by atoms with Crippen molar-refractivity contribution in [2.75, 3.05) is 11.9 Å². The fourth-order valence-corrected chi connectivity index (χ4v) is 2.56. The van der Waals surface area contributed by atoms with E-state index < -0.39 is 0 Å². The Labute approximate surface area is 140 Å². The van der Waals surface area contributed by atoms with Crippen LogP contribution in [0.1, 0.15) is 23.2 Å². The van der Waals surface area contributed by atoms with Crippen LogP contribution in [0.2, 0.25) is 0 Å². The van der Waals surface area contributed by atoms with Gasteiger partial charge < -0.3 is 5.32 Å². The number of halogens is 1. The van der Waals surface area contributed by atoms with Gasteiger partial charge >= 0.3 is 0 Å². The van der Waals surface area contributed by atoms with E-state index in [-0.39, 0.29) is 5.82 Å². The number of hydrogen-bond donors (Lipinski definition) is 2. The number of rotatable bonds is 6. The molecule has 0 saturated heterocycles. The molecule has 0 saturated carbocycles. The maximum Gasteiger partial charge on any atom is 0.151 e. The highest BCUT2D eigenvalue weighted by molar-refractivity contribution is 5.61. The number of hydrogen-bond acceptors (Lipinski definition) is 4. The summed E-state index contributed by atoms with van der Waals surface area (Å²) in [6.45, 7) is 4.80. The Bertz CT molecular complexity index is 828. The average Bonchev–Trinajstić information content (AvgIpc) is 2.98. The molecule has 2 N–H and O–H groups in total. The summed E-state index contributed by atoms with van der Waals surface area (Å²) in [4.78, 5) is 0. The topological polar surface area (TPSA) is 66.5 Å². The lowest BCUT2D eigenvalue weighted by molar-refractivity contribution is 0.628. The highest BCUT2D eigenvalue weighted by atomic mass is 19.1. The molecular formula is C18H20FN5. The third-order valence-electron chi connectivity index (χ3n) is 3.95. The van der Waals surface area contributed by atoms with Gasteiger partial charge in [0.1, 0.15) is 5.82 Å². The highest BCUT2D eigenvalue weighted by Crippen LogP contribution is 2.21. The number of aromatic nitrogens is 4. The van der Waals surface area contributed by atoms with Crippen LogP contribution in [0, 0.1) is 19.7 Å². The number of H-pyrrole nitrogens is 1. The van der Waals surface area contributed by atoms with E-state index in [1.54, 1.807) is 6.07 Å². The molecule has 1 aromatic carbocycles. The zero-order valence-electron chi connectivity index (χ0n) is 13.8. The molecule has 0 aliphatic rings. The Balaban J connectivity index is 1.60. The summed E-state index contributed by atoms with van der Waals surface area (Å²) in [7, 11) is 0. The molecule has 0 fully saturated rings. The van der Waals surface area contributed by atoms with Crippen molar-refractivity contribution in [3.63, 3.8) is 0 Å². The largest absolute Gasteiger partial charge is 0.368 e. The van der Waals surface area contributed by atoms with Gasteiger partial charge in [-0.2, -0.15) is 5.10 Å². The molecule has 0 spiro atoms. The van der Waals surface area contributed by atoms with Gasteiger partial charge in [0.25, 0.3) is 0 Å². The highest BCUT2D eigenvalue weighted by Gasteiger charge is 2.06. The van der Waals surface area contributed by atoms with Gasteiger partial charge in [0.05, 0.1) is 11.9 Å². The third-order valence-corrected chi connectivity index (χ3v) is 3.95. The first-order chi connectivity index (χ1) is 11.6. The van der Waals surface area contributed by atoms with Gasteiger partial charge in [-0.1, -0.05) is 12.1 Å². The molecule has 124 valence electrons. The van der Waals surface area contributed by atoms with Crippen molar-refractivity contribution in [1.82, 2.24) is 20.4 Å². The molecule has 0 unspecified atom stereocenters. The number of nitrogens with one attached hydrogen (secondary N) is 2. The molecule has 0 bridgehead atoms. The minimum absolute atomic E-state index is 0.274. The van der Waals surface area contributed by atoms with Gasteiger partial charge in [-0.15, -0.1) is 10.2 Å². The summed E-state index contributed by atoms with van der Waals surface area (Å²) in [6.07, 6.45) is 3.81. The molecule has 0 atom stereocenters. The van der Waals surface area contributed by atoms with E-state index in [9.17, 15) is 4.39 Å². The molecule has 5 nitrogen and oxygen atoms in total. The quantitative estimate of drug-likeness (QED) is 0.679. The maximum atomic E-state index is 13.3. The fourth-order valence-electron chi connectivity index (χ4n) is 2.56. The summed E-state index contributed by atoms with van der Waals surface area (Å²) in [5.41, 5.74) is 4.74. The van der Waals surface area contributed by atoms with E-state index in [0.717, 1.165) is 42.0 Å². The Morgan fingerprint density at radius 2 is 2.04 bits per heavy atom. The second-order valence-corrected chi connectivity index (χ2v) is 5.82. The molecule has 24 heavy (non-hydrogen) atoms. The fraction of sp³-hybridized carbons (Fsp3) is 0.278. The normalized spacial score (nSPS) is 10.8. The number of nitrogens with zero attached hydrogens (tertiary/aromatic N) is 3. The Morgan fingerprint density at radius 3 is 2.75 bits per heavy atom. The van der Waals surface area contributed by atoms with Gasteiger partial charge in [0.2, 0.25) is 0 Å². The zero-order valence-corrected chi connectivity index (χ0v) is 13.8. The summed E-state index contributed by atoms with van der Waals surface area (Å²) < 4.78 is 13.3. The summed E-state index contributed by atoms with van der Waals surface area (Å²) in [5.74, 6) is 0.489. The van der Waals surface area contributed by atoms with E-state index in [1.807, 2.05) is 32.2 Å². The summed E-state index contributed by atoms with van der Waals surface area (Å²) in [6, 6.07) is 8.30. The molecule has 6 heteroatoms. The van der Waals surface area contributed by atoms with E-state index in [0.29, 0.717) is 5.69 Å². The number of benzene rings is 1. The number of aryl methyl sites for hydroxylation is 3. The second-order valence-electron chi connectivity index (χ2n) is 5.82. The van der Waals surface area contributed by atoms with Crippen LogP contribution in [-0.2, 0) is 6.42 Å². The van der Waals surface area contributed by atoms with Crippen LogP contribution >= 0.6 is 0 Å². The van der Waals surface area contributed by atoms with Crippen molar-refractivity contribution < 1.29 is 4.39 Å². The number of anilines is 1. The van der Waals surface area contributed by atoms with Crippen LogP contribution in [0.4, 0.5) is 10.2 Å². The van der Waals surface area contributed by atoms with Gasteiger partial charge in [-0.25, -0.2) is 4.39 Å². The lowest BCUT2D eigenvalue weighted by Gasteiger charge is -2.09. The minimum atomic E-state index is -0.274. The van der Waals surface area contributed by atoms with Crippen LogP contribution in [0.25, 0.3) is 11.3 Å². The molecule has 0 radical (unpaired) electrons. The molecule has 2 heterocycles. The first-order valence-corrected chi connectivity index (χ1v) is 7.96. The molecule has 3 aromatic rings. The monoisotopic (exact) mass is 325 g/mol. The van der Waals surface area contributed by atoms with Crippen LogP contribution in [-0.4, -0.2) is 26.9 Å². The molecule has 0 amide bonds. The van der Waals surface area contributed by atoms with Gasteiger partial charge in [-0.3, -0.25) is 5.10 Å². The van der Waals surface area contributed by atoms with E-state index in [4.69, 9.17) is 0 Å². The first-order valence-electron chi connectivity index (χ1n) is 7.96. The van der Waals surface area contributed by atoms with Crippen molar-refractivity contribution in [3.8, 4) is 11.3 Å². The summed E-state index contributed by atoms with van der Waals surface area (Å²) >= 11 is 0. The lowest BCUT2D eigenvalue weighted by Crippen LogP contribution is -2.07. The Hall–Kier alpha value is -2.76. The Morgan fingerprint density at radius 1 is 1.17 bits per heavy atom. The predicted octanol–water partition coefficient (Wildman–Crippen LogP) is 3.67. The first kappa shape index (κ1) is 16.1. The number of aromatic amines is 1. The SMILES string of the molecule is Cc1cc(-c2cccc(F)c2)nnc1NCCCc1cn[nH]c1C. The Kier molecular flexibility index (Phi) is 4.84. The predicted molar refractivity (Wildman–Crippen MR) is 92.3 cm³/mol. The van der Waals surface area contributed by atoms with Crippen molar-refractivity contribution in [3.05, 3.63) is 59.2 Å². The van der Waals surface area contributed by atoms with Crippen LogP contribution in [0.5, 0.6) is 0 Å². The molecular weight excluding hydrogens is 305 g/mol.